The first-order valence-electron chi connectivity index (χ1n) is 11.6. The number of hydrogen-bond donors (Lipinski definition) is 1. The van der Waals surface area contributed by atoms with Crippen molar-refractivity contribution >= 4 is 58.8 Å². The quantitative estimate of drug-likeness (QED) is 0.302. The second-order valence-corrected chi connectivity index (χ2v) is 9.64. The molecule has 1 aliphatic rings. The number of halogens is 4. The minimum absolute atomic E-state index is 0. The van der Waals surface area contributed by atoms with Crippen LogP contribution in [0.25, 0.3) is 0 Å². The zero-order valence-electron chi connectivity index (χ0n) is 19.7. The summed E-state index contributed by atoms with van der Waals surface area (Å²) >= 11 is 18.5. The van der Waals surface area contributed by atoms with Gasteiger partial charge in [0, 0.05) is 19.6 Å². The van der Waals surface area contributed by atoms with Crippen molar-refractivity contribution in [1.82, 2.24) is 10.2 Å². The Balaban J connectivity index is 0.00000361. The first-order chi connectivity index (χ1) is 17.0. The molecule has 9 heteroatoms. The highest BCUT2D eigenvalue weighted by Gasteiger charge is 2.30. The number of piperazine rings is 1. The first kappa shape index (κ1) is 28.6. The van der Waals surface area contributed by atoms with E-state index in [0.29, 0.717) is 60.9 Å². The molecule has 36 heavy (non-hydrogen) atoms. The number of nitrogens with zero attached hydrogens (tertiary/aromatic N) is 2. The van der Waals surface area contributed by atoms with Gasteiger partial charge in [0.25, 0.3) is 0 Å². The van der Waals surface area contributed by atoms with Gasteiger partial charge in [-0.1, -0.05) is 83.3 Å². The summed E-state index contributed by atoms with van der Waals surface area (Å²) in [6, 6.07) is 23.4. The largest absolute Gasteiger partial charge is 0.376 e. The van der Waals surface area contributed by atoms with E-state index in [1.54, 1.807) is 12.1 Å². The molecule has 1 N–H and O–H groups in total. The molecule has 1 heterocycles. The standard InChI is InChI=1S/C27H28Cl3N3O2.ClH/c28-22-11-10-21(16-24(22)30)19-35-15-12-27(34)33-14-13-32(25-9-5-4-8-23(25)29)18-26(33)31-17-20-6-2-1-3-7-20;/h1-11,16,26,31H,12-15,17-19H2;1H. The Labute approximate surface area is 233 Å². The Morgan fingerprint density at radius 2 is 1.64 bits per heavy atom. The van der Waals surface area contributed by atoms with E-state index in [1.165, 1.54) is 5.56 Å². The van der Waals surface area contributed by atoms with Gasteiger partial charge in [-0.05, 0) is 35.4 Å². The molecule has 192 valence electrons. The van der Waals surface area contributed by atoms with Crippen molar-refractivity contribution in [2.75, 3.05) is 31.1 Å². The van der Waals surface area contributed by atoms with Gasteiger partial charge in [-0.15, -0.1) is 12.4 Å². The van der Waals surface area contributed by atoms with Crippen molar-refractivity contribution in [2.45, 2.75) is 25.7 Å². The number of ether oxygens (including phenoxy) is 1. The number of carbonyl (C=O) groups excluding carboxylic acids is 1. The number of anilines is 1. The second kappa shape index (κ2) is 14.1. The van der Waals surface area contributed by atoms with Gasteiger partial charge in [0.15, 0.2) is 0 Å². The minimum Gasteiger partial charge on any atom is -0.376 e. The van der Waals surface area contributed by atoms with Crippen LogP contribution in [-0.2, 0) is 22.7 Å². The monoisotopic (exact) mass is 567 g/mol. The van der Waals surface area contributed by atoms with Crippen LogP contribution in [0.4, 0.5) is 5.69 Å². The summed E-state index contributed by atoms with van der Waals surface area (Å²) in [5.74, 6) is 0.0588. The molecule has 0 aromatic heterocycles. The van der Waals surface area contributed by atoms with E-state index in [1.807, 2.05) is 53.4 Å². The lowest BCUT2D eigenvalue weighted by Gasteiger charge is -2.43. The van der Waals surface area contributed by atoms with Gasteiger partial charge in [0.05, 0.1) is 46.9 Å². The highest BCUT2D eigenvalue weighted by atomic mass is 35.5. The number of hydrogen-bond acceptors (Lipinski definition) is 4. The summed E-state index contributed by atoms with van der Waals surface area (Å²) in [6.45, 7) is 3.33. The van der Waals surface area contributed by atoms with Gasteiger partial charge in [0.1, 0.15) is 6.17 Å². The Kier molecular flexibility index (Phi) is 11.2. The number of carbonyl (C=O) groups is 1. The van der Waals surface area contributed by atoms with Crippen molar-refractivity contribution in [3.05, 3.63) is 99.0 Å². The van der Waals surface area contributed by atoms with Crippen LogP contribution in [0, 0.1) is 0 Å². The summed E-state index contributed by atoms with van der Waals surface area (Å²) < 4.78 is 5.75. The van der Waals surface area contributed by atoms with Crippen LogP contribution in [0.2, 0.25) is 15.1 Å². The normalized spacial score (nSPS) is 15.5. The summed E-state index contributed by atoms with van der Waals surface area (Å²) in [5, 5.41) is 5.28. The van der Waals surface area contributed by atoms with Crippen LogP contribution in [-0.4, -0.2) is 43.2 Å². The third-order valence-electron chi connectivity index (χ3n) is 5.99. The molecule has 1 unspecified atom stereocenters. The summed E-state index contributed by atoms with van der Waals surface area (Å²) in [7, 11) is 0. The lowest BCUT2D eigenvalue weighted by atomic mass is 10.1. The Hall–Kier alpha value is -1.99. The maximum absolute atomic E-state index is 13.2. The Bertz CT molecular complexity index is 1130. The lowest BCUT2D eigenvalue weighted by molar-refractivity contribution is -0.136. The molecule has 0 radical (unpaired) electrons. The molecular formula is C27H29Cl4N3O2. The maximum Gasteiger partial charge on any atom is 0.226 e. The number of para-hydroxylation sites is 1. The van der Waals surface area contributed by atoms with Gasteiger partial charge >= 0.3 is 0 Å². The van der Waals surface area contributed by atoms with Crippen molar-refractivity contribution in [1.29, 1.82) is 0 Å². The fourth-order valence-electron chi connectivity index (χ4n) is 4.14. The zero-order chi connectivity index (χ0) is 24.6. The van der Waals surface area contributed by atoms with E-state index in [-0.39, 0.29) is 24.5 Å². The zero-order valence-corrected chi connectivity index (χ0v) is 22.8. The van der Waals surface area contributed by atoms with E-state index in [4.69, 9.17) is 39.5 Å². The van der Waals surface area contributed by atoms with Crippen LogP contribution in [0.3, 0.4) is 0 Å². The molecule has 1 fully saturated rings. The SMILES string of the molecule is Cl.O=C(CCOCc1ccc(Cl)c(Cl)c1)N1CCN(c2ccccc2Cl)CC1NCc1ccccc1. The molecule has 1 amide bonds. The lowest BCUT2D eigenvalue weighted by Crippen LogP contribution is -2.60. The maximum atomic E-state index is 13.2. The van der Waals surface area contributed by atoms with Gasteiger partial charge in [0.2, 0.25) is 5.91 Å². The molecule has 0 saturated carbocycles. The molecule has 4 rings (SSSR count). The molecule has 1 atom stereocenters. The number of nitrogens with one attached hydrogen (secondary N) is 1. The predicted molar refractivity (Wildman–Crippen MR) is 150 cm³/mol. The van der Waals surface area contributed by atoms with Crippen LogP contribution in [0.1, 0.15) is 17.5 Å². The Morgan fingerprint density at radius 3 is 2.39 bits per heavy atom. The summed E-state index contributed by atoms with van der Waals surface area (Å²) in [5.41, 5.74) is 3.07. The molecule has 0 aliphatic carbocycles. The molecule has 1 saturated heterocycles. The molecule has 0 spiro atoms. The Morgan fingerprint density at radius 1 is 0.889 bits per heavy atom. The smallest absolute Gasteiger partial charge is 0.226 e. The molecular weight excluding hydrogens is 540 g/mol. The average molecular weight is 569 g/mol. The molecule has 1 aliphatic heterocycles. The molecule has 3 aromatic carbocycles. The third kappa shape index (κ3) is 7.75. The van der Waals surface area contributed by atoms with E-state index in [9.17, 15) is 4.79 Å². The van der Waals surface area contributed by atoms with E-state index >= 15 is 0 Å². The van der Waals surface area contributed by atoms with Crippen LogP contribution >= 0.6 is 47.2 Å². The fourth-order valence-corrected chi connectivity index (χ4v) is 4.71. The fraction of sp³-hybridized carbons (Fsp3) is 0.296. The van der Waals surface area contributed by atoms with Crippen LogP contribution in [0.15, 0.2) is 72.8 Å². The number of rotatable bonds is 9. The van der Waals surface area contributed by atoms with Gasteiger partial charge in [-0.3, -0.25) is 10.1 Å². The molecule has 5 nitrogen and oxygen atoms in total. The third-order valence-corrected chi connectivity index (χ3v) is 7.05. The highest BCUT2D eigenvalue weighted by Crippen LogP contribution is 2.27. The average Bonchev–Trinajstić information content (AvgIpc) is 2.88. The van der Waals surface area contributed by atoms with E-state index in [2.05, 4.69) is 22.3 Å². The summed E-state index contributed by atoms with van der Waals surface area (Å²) in [4.78, 5) is 17.3. The first-order valence-corrected chi connectivity index (χ1v) is 12.7. The topological polar surface area (TPSA) is 44.8 Å². The number of amides is 1. The van der Waals surface area contributed by atoms with Crippen molar-refractivity contribution in [3.8, 4) is 0 Å². The van der Waals surface area contributed by atoms with Gasteiger partial charge in [-0.2, -0.15) is 0 Å². The summed E-state index contributed by atoms with van der Waals surface area (Å²) in [6.07, 6.45) is 0.152. The van der Waals surface area contributed by atoms with Crippen molar-refractivity contribution < 1.29 is 9.53 Å². The number of benzene rings is 3. The second-order valence-electron chi connectivity index (χ2n) is 8.42. The van der Waals surface area contributed by atoms with Gasteiger partial charge < -0.3 is 14.5 Å². The highest BCUT2D eigenvalue weighted by molar-refractivity contribution is 6.42. The van der Waals surface area contributed by atoms with Crippen molar-refractivity contribution in [2.24, 2.45) is 0 Å². The van der Waals surface area contributed by atoms with E-state index < -0.39 is 0 Å². The minimum atomic E-state index is -0.150. The van der Waals surface area contributed by atoms with Crippen LogP contribution in [0.5, 0.6) is 0 Å². The molecule has 3 aromatic rings. The van der Waals surface area contributed by atoms with Crippen LogP contribution < -0.4 is 10.2 Å². The van der Waals surface area contributed by atoms with Gasteiger partial charge in [-0.25, -0.2) is 0 Å². The van der Waals surface area contributed by atoms with Crippen molar-refractivity contribution in [3.63, 3.8) is 0 Å². The molecule has 0 bridgehead atoms. The van der Waals surface area contributed by atoms with E-state index in [0.717, 1.165) is 11.3 Å². The predicted octanol–water partition coefficient (Wildman–Crippen LogP) is 6.44.